The normalized spacial score (nSPS) is 14.1. The molecule has 2 rings (SSSR count). The quantitative estimate of drug-likeness (QED) is 0.518. The van der Waals surface area contributed by atoms with Crippen LogP contribution in [0.1, 0.15) is 57.4 Å². The first-order valence-electron chi connectivity index (χ1n) is 10.5. The van der Waals surface area contributed by atoms with Crippen molar-refractivity contribution in [1.29, 1.82) is 0 Å². The van der Waals surface area contributed by atoms with E-state index in [2.05, 4.69) is 5.32 Å². The summed E-state index contributed by atoms with van der Waals surface area (Å²) in [6.07, 6.45) is -1.95. The van der Waals surface area contributed by atoms with Crippen LogP contribution in [0, 0.1) is 13.8 Å². The second kappa shape index (κ2) is 10.7. The zero-order valence-corrected chi connectivity index (χ0v) is 20.4. The monoisotopic (exact) mass is 461 g/mol. The van der Waals surface area contributed by atoms with Gasteiger partial charge in [0.2, 0.25) is 0 Å². The van der Waals surface area contributed by atoms with Gasteiger partial charge in [-0.1, -0.05) is 47.5 Å². The number of carbonyl (C=O) groups excluding carboxylic acids is 2. The standard InChI is InChI=1S/C25H32ClNO5/c1-15-8-11-19(12-9-15)22(31-21-13-10-16(2)14-20(21)26)18(4)30-23(28)17(3)27-24(29)32-25(5,6)7/h8-14,17-18,22H,1-7H3,(H,27,29)/t17-,18-,22-/m0/s1. The number of carbonyl (C=O) groups is 2. The molecule has 1 N–H and O–H groups in total. The van der Waals surface area contributed by atoms with Crippen molar-refractivity contribution < 1.29 is 23.8 Å². The first-order valence-corrected chi connectivity index (χ1v) is 10.9. The summed E-state index contributed by atoms with van der Waals surface area (Å²) in [5, 5.41) is 2.97. The van der Waals surface area contributed by atoms with Crippen molar-refractivity contribution in [3.8, 4) is 5.75 Å². The van der Waals surface area contributed by atoms with Gasteiger partial charge in [0, 0.05) is 0 Å². The number of rotatable bonds is 7. The Balaban J connectivity index is 2.16. The molecule has 0 bridgehead atoms. The molecule has 174 valence electrons. The summed E-state index contributed by atoms with van der Waals surface area (Å²) in [5.41, 5.74) is 2.27. The molecule has 0 saturated carbocycles. The molecule has 2 aromatic carbocycles. The Morgan fingerprint density at radius 3 is 2.12 bits per heavy atom. The van der Waals surface area contributed by atoms with Crippen molar-refractivity contribution in [2.45, 2.75) is 72.3 Å². The van der Waals surface area contributed by atoms with Crippen LogP contribution in [0.2, 0.25) is 5.02 Å². The van der Waals surface area contributed by atoms with Crippen LogP contribution < -0.4 is 10.1 Å². The molecule has 7 heteroatoms. The van der Waals surface area contributed by atoms with Gasteiger partial charge in [-0.05, 0) is 71.7 Å². The lowest BCUT2D eigenvalue weighted by Gasteiger charge is -2.27. The molecular formula is C25H32ClNO5. The maximum atomic E-state index is 12.6. The zero-order chi connectivity index (χ0) is 24.1. The van der Waals surface area contributed by atoms with Gasteiger partial charge in [-0.2, -0.15) is 0 Å². The number of hydrogen-bond donors (Lipinski definition) is 1. The summed E-state index contributed by atoms with van der Waals surface area (Å²) in [4.78, 5) is 24.6. The molecule has 0 aliphatic carbocycles. The van der Waals surface area contributed by atoms with Crippen molar-refractivity contribution in [3.63, 3.8) is 0 Å². The Morgan fingerprint density at radius 1 is 0.969 bits per heavy atom. The van der Waals surface area contributed by atoms with E-state index in [9.17, 15) is 9.59 Å². The summed E-state index contributed by atoms with van der Waals surface area (Å²) in [5.74, 6) is -0.107. The van der Waals surface area contributed by atoms with E-state index in [-0.39, 0.29) is 0 Å². The Bertz CT molecular complexity index is 936. The second-order valence-electron chi connectivity index (χ2n) is 8.89. The number of hydrogen-bond acceptors (Lipinski definition) is 5. The molecule has 1 amide bonds. The lowest BCUT2D eigenvalue weighted by atomic mass is 10.0. The Labute approximate surface area is 195 Å². The molecule has 2 aromatic rings. The number of amides is 1. The van der Waals surface area contributed by atoms with Crippen molar-refractivity contribution in [3.05, 3.63) is 64.2 Å². The van der Waals surface area contributed by atoms with Crippen LogP contribution in [0.15, 0.2) is 42.5 Å². The molecule has 0 unspecified atom stereocenters. The topological polar surface area (TPSA) is 73.9 Å². The summed E-state index contributed by atoms with van der Waals surface area (Å²) in [6.45, 7) is 12.5. The molecule has 0 aliphatic heterocycles. The van der Waals surface area contributed by atoms with E-state index in [1.807, 2.05) is 50.2 Å². The van der Waals surface area contributed by atoms with Crippen molar-refractivity contribution in [2.75, 3.05) is 0 Å². The van der Waals surface area contributed by atoms with Crippen LogP contribution in [-0.4, -0.2) is 29.8 Å². The van der Waals surface area contributed by atoms with Crippen LogP contribution in [0.5, 0.6) is 5.75 Å². The molecule has 0 aromatic heterocycles. The predicted molar refractivity (Wildman–Crippen MR) is 125 cm³/mol. The predicted octanol–water partition coefficient (Wildman–Crippen LogP) is 5.92. The minimum atomic E-state index is -0.895. The lowest BCUT2D eigenvalue weighted by Crippen LogP contribution is -2.43. The Morgan fingerprint density at radius 2 is 1.56 bits per heavy atom. The number of ether oxygens (including phenoxy) is 3. The van der Waals surface area contributed by atoms with Gasteiger partial charge < -0.3 is 19.5 Å². The van der Waals surface area contributed by atoms with Gasteiger partial charge in [0.25, 0.3) is 0 Å². The Kier molecular flexibility index (Phi) is 8.56. The van der Waals surface area contributed by atoms with Crippen molar-refractivity contribution in [1.82, 2.24) is 5.32 Å². The van der Waals surface area contributed by atoms with Gasteiger partial charge in [0.1, 0.15) is 23.5 Å². The minimum absolute atomic E-state index is 0.473. The number of alkyl carbamates (subject to hydrolysis) is 1. The smallest absolute Gasteiger partial charge is 0.408 e. The van der Waals surface area contributed by atoms with E-state index < -0.39 is 35.9 Å². The molecule has 0 spiro atoms. The first kappa shape index (κ1) is 25.5. The summed E-state index contributed by atoms with van der Waals surface area (Å²) >= 11 is 6.36. The zero-order valence-electron chi connectivity index (χ0n) is 19.7. The third kappa shape index (κ3) is 7.75. The van der Waals surface area contributed by atoms with Gasteiger partial charge in [0.15, 0.2) is 6.10 Å². The van der Waals surface area contributed by atoms with E-state index in [1.165, 1.54) is 6.92 Å². The number of esters is 1. The van der Waals surface area contributed by atoms with E-state index in [0.717, 1.165) is 16.7 Å². The molecule has 0 aliphatic rings. The van der Waals surface area contributed by atoms with Crippen LogP contribution in [0.3, 0.4) is 0 Å². The van der Waals surface area contributed by atoms with Crippen molar-refractivity contribution >= 4 is 23.7 Å². The van der Waals surface area contributed by atoms with Gasteiger partial charge in [-0.25, -0.2) is 9.59 Å². The molecular weight excluding hydrogens is 430 g/mol. The first-order chi connectivity index (χ1) is 14.9. The molecule has 0 fully saturated rings. The highest BCUT2D eigenvalue weighted by atomic mass is 35.5. The molecule has 0 saturated heterocycles. The number of aryl methyl sites for hydroxylation is 2. The highest BCUT2D eigenvalue weighted by molar-refractivity contribution is 6.32. The highest BCUT2D eigenvalue weighted by Gasteiger charge is 2.29. The van der Waals surface area contributed by atoms with Crippen molar-refractivity contribution in [2.24, 2.45) is 0 Å². The maximum absolute atomic E-state index is 12.6. The van der Waals surface area contributed by atoms with Gasteiger partial charge in [0.05, 0.1) is 5.02 Å². The third-order valence-electron chi connectivity index (χ3n) is 4.56. The fourth-order valence-electron chi connectivity index (χ4n) is 2.92. The third-order valence-corrected chi connectivity index (χ3v) is 4.86. The highest BCUT2D eigenvalue weighted by Crippen LogP contribution is 2.32. The van der Waals surface area contributed by atoms with Crippen LogP contribution in [-0.2, 0) is 14.3 Å². The SMILES string of the molecule is Cc1ccc([C@@H](Oc2ccc(C)cc2Cl)[C@H](C)OC(=O)[C@H](C)NC(=O)OC(C)(C)C)cc1. The molecule has 0 radical (unpaired) electrons. The van der Waals surface area contributed by atoms with Gasteiger partial charge in [-0.15, -0.1) is 0 Å². The fourth-order valence-corrected chi connectivity index (χ4v) is 3.20. The second-order valence-corrected chi connectivity index (χ2v) is 9.30. The molecule has 3 atom stereocenters. The van der Waals surface area contributed by atoms with Crippen LogP contribution >= 0.6 is 11.6 Å². The van der Waals surface area contributed by atoms with E-state index in [4.69, 9.17) is 25.8 Å². The fraction of sp³-hybridized carbons (Fsp3) is 0.440. The average Bonchev–Trinajstić information content (AvgIpc) is 2.66. The Hall–Kier alpha value is -2.73. The van der Waals surface area contributed by atoms with Gasteiger partial charge in [-0.3, -0.25) is 0 Å². The maximum Gasteiger partial charge on any atom is 0.408 e. The summed E-state index contributed by atoms with van der Waals surface area (Å²) < 4.78 is 17.0. The largest absolute Gasteiger partial charge is 0.480 e. The van der Waals surface area contributed by atoms with E-state index >= 15 is 0 Å². The van der Waals surface area contributed by atoms with Crippen LogP contribution in [0.25, 0.3) is 0 Å². The number of nitrogens with one attached hydrogen (secondary N) is 1. The summed E-state index contributed by atoms with van der Waals surface area (Å²) in [6, 6.07) is 12.4. The minimum Gasteiger partial charge on any atom is -0.480 e. The summed E-state index contributed by atoms with van der Waals surface area (Å²) in [7, 11) is 0. The molecule has 6 nitrogen and oxygen atoms in total. The number of benzene rings is 2. The lowest BCUT2D eigenvalue weighted by molar-refractivity contribution is -0.155. The molecule has 0 heterocycles. The molecule has 32 heavy (non-hydrogen) atoms. The average molecular weight is 462 g/mol. The van der Waals surface area contributed by atoms with E-state index in [0.29, 0.717) is 10.8 Å². The van der Waals surface area contributed by atoms with E-state index in [1.54, 1.807) is 33.8 Å². The van der Waals surface area contributed by atoms with Crippen LogP contribution in [0.4, 0.5) is 4.79 Å². The number of halogens is 1. The van der Waals surface area contributed by atoms with Gasteiger partial charge >= 0.3 is 12.1 Å².